The number of imidazole rings is 1. The Balaban J connectivity index is 1.47. The molecule has 0 aromatic carbocycles. The van der Waals surface area contributed by atoms with Crippen LogP contribution in [0.5, 0.6) is 0 Å². The summed E-state index contributed by atoms with van der Waals surface area (Å²) in [7, 11) is 0. The molecule has 1 saturated heterocycles. The van der Waals surface area contributed by atoms with Crippen LogP contribution in [0.3, 0.4) is 0 Å². The van der Waals surface area contributed by atoms with Crippen LogP contribution in [-0.2, 0) is 11.3 Å². The summed E-state index contributed by atoms with van der Waals surface area (Å²) in [6.07, 6.45) is 7.18. The van der Waals surface area contributed by atoms with Crippen LogP contribution in [0.2, 0.25) is 0 Å². The molecule has 1 aromatic rings. The highest BCUT2D eigenvalue weighted by Gasteiger charge is 2.28. The van der Waals surface area contributed by atoms with Crippen molar-refractivity contribution in [1.82, 2.24) is 19.8 Å². The standard InChI is InChI=1S/C14H22N4O2/c1-2-20-14(19)17-6-5-11(9-17)16-8-13-7-15-10-18(13)12-3-4-12/h7,10-12,16H,2-6,8-9H2,1H3/t11-/m0/s1. The molecule has 1 atom stereocenters. The van der Waals surface area contributed by atoms with Crippen LogP contribution >= 0.6 is 0 Å². The third-order valence-corrected chi connectivity index (χ3v) is 3.97. The fourth-order valence-corrected chi connectivity index (χ4v) is 2.71. The topological polar surface area (TPSA) is 59.4 Å². The largest absolute Gasteiger partial charge is 0.450 e. The number of likely N-dealkylation sites (tertiary alicyclic amines) is 1. The molecule has 1 aliphatic heterocycles. The van der Waals surface area contributed by atoms with Gasteiger partial charge >= 0.3 is 6.09 Å². The first-order valence-electron chi connectivity index (χ1n) is 7.43. The summed E-state index contributed by atoms with van der Waals surface area (Å²) in [5, 5.41) is 3.52. The van der Waals surface area contributed by atoms with E-state index in [-0.39, 0.29) is 6.09 Å². The van der Waals surface area contributed by atoms with Crippen molar-refractivity contribution < 1.29 is 9.53 Å². The van der Waals surface area contributed by atoms with Crippen molar-refractivity contribution in [2.75, 3.05) is 19.7 Å². The molecular weight excluding hydrogens is 256 g/mol. The second-order valence-electron chi connectivity index (χ2n) is 5.53. The summed E-state index contributed by atoms with van der Waals surface area (Å²) < 4.78 is 7.30. The normalized spacial score (nSPS) is 22.2. The fraction of sp³-hybridized carbons (Fsp3) is 0.714. The summed E-state index contributed by atoms with van der Waals surface area (Å²) in [5.74, 6) is 0. The monoisotopic (exact) mass is 278 g/mol. The van der Waals surface area contributed by atoms with Crippen molar-refractivity contribution in [3.63, 3.8) is 0 Å². The van der Waals surface area contributed by atoms with Gasteiger partial charge in [-0.1, -0.05) is 0 Å². The summed E-state index contributed by atoms with van der Waals surface area (Å²) in [6.45, 7) is 4.60. The Morgan fingerprint density at radius 3 is 3.10 bits per heavy atom. The molecule has 6 heteroatoms. The molecule has 6 nitrogen and oxygen atoms in total. The lowest BCUT2D eigenvalue weighted by Gasteiger charge is -2.16. The van der Waals surface area contributed by atoms with Crippen LogP contribution < -0.4 is 5.32 Å². The third-order valence-electron chi connectivity index (χ3n) is 3.97. The molecule has 0 bridgehead atoms. The number of nitrogens with one attached hydrogen (secondary N) is 1. The molecule has 2 aliphatic rings. The molecule has 1 saturated carbocycles. The molecule has 3 rings (SSSR count). The van der Waals surface area contributed by atoms with Crippen LogP contribution in [0, 0.1) is 0 Å². The van der Waals surface area contributed by atoms with Crippen molar-refractivity contribution in [2.45, 2.75) is 44.8 Å². The molecule has 0 unspecified atom stereocenters. The maximum Gasteiger partial charge on any atom is 0.409 e. The molecule has 1 aliphatic carbocycles. The maximum absolute atomic E-state index is 11.6. The van der Waals surface area contributed by atoms with Gasteiger partial charge in [-0.15, -0.1) is 0 Å². The first kappa shape index (κ1) is 13.4. The fourth-order valence-electron chi connectivity index (χ4n) is 2.71. The molecule has 20 heavy (non-hydrogen) atoms. The van der Waals surface area contributed by atoms with E-state index in [4.69, 9.17) is 4.74 Å². The average molecular weight is 278 g/mol. The van der Waals surface area contributed by atoms with E-state index in [1.165, 1.54) is 18.5 Å². The van der Waals surface area contributed by atoms with Crippen LogP contribution in [0.25, 0.3) is 0 Å². The van der Waals surface area contributed by atoms with E-state index in [0.29, 0.717) is 18.7 Å². The van der Waals surface area contributed by atoms with Crippen molar-refractivity contribution in [1.29, 1.82) is 0 Å². The number of ether oxygens (including phenoxy) is 1. The molecule has 1 aromatic heterocycles. The van der Waals surface area contributed by atoms with Gasteiger partial charge in [0.05, 0.1) is 18.6 Å². The number of amides is 1. The Morgan fingerprint density at radius 1 is 1.50 bits per heavy atom. The van der Waals surface area contributed by atoms with Gasteiger partial charge in [-0.25, -0.2) is 9.78 Å². The summed E-state index contributed by atoms with van der Waals surface area (Å²) in [4.78, 5) is 17.6. The van der Waals surface area contributed by atoms with Crippen molar-refractivity contribution in [2.24, 2.45) is 0 Å². The van der Waals surface area contributed by atoms with E-state index in [9.17, 15) is 4.79 Å². The van der Waals surface area contributed by atoms with E-state index in [1.54, 1.807) is 4.90 Å². The van der Waals surface area contributed by atoms with Crippen molar-refractivity contribution >= 4 is 6.09 Å². The third kappa shape index (κ3) is 2.95. The van der Waals surface area contributed by atoms with Crippen LogP contribution in [0.1, 0.15) is 37.9 Å². The number of carbonyl (C=O) groups is 1. The Labute approximate surface area is 119 Å². The maximum atomic E-state index is 11.6. The summed E-state index contributed by atoms with van der Waals surface area (Å²) >= 11 is 0. The minimum atomic E-state index is -0.195. The zero-order chi connectivity index (χ0) is 13.9. The summed E-state index contributed by atoms with van der Waals surface area (Å²) in [6, 6.07) is 1.01. The molecule has 2 heterocycles. The Bertz CT molecular complexity index is 469. The van der Waals surface area contributed by atoms with E-state index in [1.807, 2.05) is 19.4 Å². The lowest BCUT2D eigenvalue weighted by molar-refractivity contribution is 0.115. The number of rotatable bonds is 5. The second-order valence-corrected chi connectivity index (χ2v) is 5.53. The predicted molar refractivity (Wildman–Crippen MR) is 74.3 cm³/mol. The van der Waals surface area contributed by atoms with Gasteiger partial charge in [-0.05, 0) is 26.2 Å². The van der Waals surface area contributed by atoms with Gasteiger partial charge < -0.3 is 19.5 Å². The Hall–Kier alpha value is -1.56. The highest BCUT2D eigenvalue weighted by Crippen LogP contribution is 2.35. The first-order chi connectivity index (χ1) is 9.78. The number of carbonyl (C=O) groups excluding carboxylic acids is 1. The zero-order valence-corrected chi connectivity index (χ0v) is 11.9. The Morgan fingerprint density at radius 2 is 2.35 bits per heavy atom. The molecular formula is C14H22N4O2. The molecule has 110 valence electrons. The van der Waals surface area contributed by atoms with Crippen LogP contribution in [-0.4, -0.2) is 46.3 Å². The second kappa shape index (κ2) is 5.83. The molecule has 0 spiro atoms. The van der Waals surface area contributed by atoms with Gasteiger partial charge in [0.2, 0.25) is 0 Å². The van der Waals surface area contributed by atoms with Gasteiger partial charge in [-0.2, -0.15) is 0 Å². The van der Waals surface area contributed by atoms with E-state index >= 15 is 0 Å². The quantitative estimate of drug-likeness (QED) is 0.887. The number of hydrogen-bond acceptors (Lipinski definition) is 4. The number of hydrogen-bond donors (Lipinski definition) is 1. The molecule has 2 fully saturated rings. The van der Waals surface area contributed by atoms with Gasteiger partial charge in [0.15, 0.2) is 0 Å². The lowest BCUT2D eigenvalue weighted by atomic mass is 10.2. The highest BCUT2D eigenvalue weighted by molar-refractivity contribution is 5.68. The first-order valence-corrected chi connectivity index (χ1v) is 7.43. The molecule has 1 amide bonds. The average Bonchev–Trinajstić information content (AvgIpc) is 3.01. The van der Waals surface area contributed by atoms with Crippen molar-refractivity contribution in [3.05, 3.63) is 18.2 Å². The Kier molecular flexibility index (Phi) is 3.91. The number of nitrogens with zero attached hydrogens (tertiary/aromatic N) is 3. The SMILES string of the molecule is CCOC(=O)N1CC[C@H](NCc2cncn2C2CC2)C1. The van der Waals surface area contributed by atoms with E-state index in [2.05, 4.69) is 14.9 Å². The van der Waals surface area contributed by atoms with Crippen molar-refractivity contribution in [3.8, 4) is 0 Å². The highest BCUT2D eigenvalue weighted by atomic mass is 16.6. The minimum absolute atomic E-state index is 0.195. The van der Waals surface area contributed by atoms with Gasteiger partial charge in [0.25, 0.3) is 0 Å². The van der Waals surface area contributed by atoms with Gasteiger partial charge in [0, 0.05) is 37.9 Å². The van der Waals surface area contributed by atoms with Crippen LogP contribution in [0.15, 0.2) is 12.5 Å². The minimum Gasteiger partial charge on any atom is -0.450 e. The van der Waals surface area contributed by atoms with Crippen LogP contribution in [0.4, 0.5) is 4.79 Å². The number of aromatic nitrogens is 2. The van der Waals surface area contributed by atoms with E-state index < -0.39 is 0 Å². The smallest absolute Gasteiger partial charge is 0.409 e. The molecule has 0 radical (unpaired) electrons. The van der Waals surface area contributed by atoms with Gasteiger partial charge in [0.1, 0.15) is 0 Å². The lowest BCUT2D eigenvalue weighted by Crippen LogP contribution is -2.35. The predicted octanol–water partition coefficient (Wildman–Crippen LogP) is 1.54. The van der Waals surface area contributed by atoms with Gasteiger partial charge in [-0.3, -0.25) is 0 Å². The zero-order valence-electron chi connectivity index (χ0n) is 11.9. The molecule has 1 N–H and O–H groups in total. The van der Waals surface area contributed by atoms with E-state index in [0.717, 1.165) is 26.1 Å². The summed E-state index contributed by atoms with van der Waals surface area (Å²) in [5.41, 5.74) is 1.24.